The molecule has 3 aliphatic rings. The second kappa shape index (κ2) is 18.7. The van der Waals surface area contributed by atoms with Crippen molar-refractivity contribution < 1.29 is 52.8 Å². The van der Waals surface area contributed by atoms with Crippen LogP contribution in [-0.2, 0) is 38.1 Å². The summed E-state index contributed by atoms with van der Waals surface area (Å²) in [6.07, 6.45) is -1.59. The molecule has 5 rings (SSSR count). The molecular formula is C43H62N4O11. The minimum atomic E-state index is -1.83. The van der Waals surface area contributed by atoms with Gasteiger partial charge in [-0.3, -0.25) is 19.4 Å². The first kappa shape index (κ1) is 45.4. The van der Waals surface area contributed by atoms with Gasteiger partial charge in [-0.25, -0.2) is 4.99 Å². The van der Waals surface area contributed by atoms with E-state index in [9.17, 15) is 24.6 Å². The second-order valence-corrected chi connectivity index (χ2v) is 17.0. The molecule has 2 aromatic heterocycles. The summed E-state index contributed by atoms with van der Waals surface area (Å²) in [6.45, 7) is 15.1. The number of carbonyl (C=O) groups is 3. The number of carbonyl (C=O) groups excluding carboxylic acids is 3. The van der Waals surface area contributed by atoms with Crippen molar-refractivity contribution in [2.24, 2.45) is 28.7 Å². The standard InChI is InChI=1S/C43H62N4O11/c1-12-34-43(9,52)39-25(4)35(45-28(7)48)23(2)20-42(8,54-22-29(21-53-39)18-30-19-32(46-58-30)31-15-13-14-16-44-31)38(26(5)36(49)27(6)40(51)56-34)57-41-37(50)33(47(10)11)17-24(3)55-41/h13-16,18-19,23-27,33-34,37-39,41,50,52H,12,17,20-22H2,1-11H3/b29-18-,45-35?/t23?,24-,25?,26+,27-,33+,34+,37?,38?,39?,41+,42-,43-/m1/s1. The highest BCUT2D eigenvalue weighted by atomic mass is 16.7. The molecule has 3 fully saturated rings. The summed E-state index contributed by atoms with van der Waals surface area (Å²) in [4.78, 5) is 52.0. The molecule has 5 heterocycles. The Hall–Kier alpha value is -3.70. The summed E-state index contributed by atoms with van der Waals surface area (Å²) in [5, 5.41) is 28.3. The summed E-state index contributed by atoms with van der Waals surface area (Å²) >= 11 is 0. The zero-order valence-corrected chi connectivity index (χ0v) is 35.7. The van der Waals surface area contributed by atoms with Gasteiger partial charge in [-0.1, -0.05) is 38.9 Å². The van der Waals surface area contributed by atoms with E-state index in [-0.39, 0.29) is 38.2 Å². The van der Waals surface area contributed by atoms with Gasteiger partial charge in [-0.15, -0.1) is 0 Å². The molecule has 2 N–H and O–H groups in total. The number of pyridine rings is 1. The number of aliphatic hydroxyl groups excluding tert-OH is 1. The van der Waals surface area contributed by atoms with Crippen LogP contribution in [0.25, 0.3) is 17.5 Å². The van der Waals surface area contributed by atoms with Gasteiger partial charge in [-0.05, 0) is 90.8 Å². The molecule has 13 atom stereocenters. The Labute approximate surface area is 341 Å². The van der Waals surface area contributed by atoms with E-state index in [4.69, 9.17) is 28.2 Å². The van der Waals surface area contributed by atoms with Crippen molar-refractivity contribution in [3.8, 4) is 11.4 Å². The van der Waals surface area contributed by atoms with Crippen molar-refractivity contribution in [1.82, 2.24) is 15.0 Å². The minimum Gasteiger partial charge on any atom is -0.459 e. The number of aliphatic imine (C=N–C) groups is 1. The summed E-state index contributed by atoms with van der Waals surface area (Å²) in [5.74, 6) is -4.85. The van der Waals surface area contributed by atoms with Crippen molar-refractivity contribution in [1.29, 1.82) is 0 Å². The smallest absolute Gasteiger partial charge is 0.316 e. The third-order valence-electron chi connectivity index (χ3n) is 12.0. The van der Waals surface area contributed by atoms with Gasteiger partial charge in [0, 0.05) is 42.8 Å². The van der Waals surface area contributed by atoms with Gasteiger partial charge in [0.15, 0.2) is 17.8 Å². The monoisotopic (exact) mass is 810 g/mol. The van der Waals surface area contributed by atoms with Crippen LogP contribution in [-0.4, -0.2) is 130 Å². The number of ketones is 1. The van der Waals surface area contributed by atoms with Gasteiger partial charge < -0.3 is 43.3 Å². The number of amides is 1. The maximum atomic E-state index is 14.5. The van der Waals surface area contributed by atoms with Crippen LogP contribution in [0.15, 0.2) is 45.6 Å². The molecule has 2 aromatic rings. The molecule has 0 spiro atoms. The lowest BCUT2D eigenvalue weighted by Crippen LogP contribution is -2.60. The number of fused-ring (bicyclic) bond motifs is 5. The number of hydrogen-bond acceptors (Lipinski definition) is 14. The molecule has 0 aromatic carbocycles. The SMILES string of the molecule is CC[C@@H]1OC(=O)[C@H](C)C(=O)[C@H](C)C(O[C@@H]2O[C@H](C)C[C@H](N(C)C)C2O)[C@@]2(C)CC(C)C(=NC(C)=O)C(C)C(OC/C(=C/c3cc(-c4ccccn4)no3)CO2)[C@]1(C)O. The molecule has 15 heteroatoms. The van der Waals surface area contributed by atoms with E-state index in [1.54, 1.807) is 38.3 Å². The van der Waals surface area contributed by atoms with Crippen molar-refractivity contribution in [3.63, 3.8) is 0 Å². The first-order valence-corrected chi connectivity index (χ1v) is 20.3. The molecular weight excluding hydrogens is 748 g/mol. The van der Waals surface area contributed by atoms with E-state index >= 15 is 0 Å². The quantitative estimate of drug-likeness (QED) is 0.302. The number of aromatic nitrogens is 2. The Morgan fingerprint density at radius 3 is 2.45 bits per heavy atom. The van der Waals surface area contributed by atoms with Crippen LogP contribution < -0.4 is 0 Å². The molecule has 320 valence electrons. The Kier molecular flexibility index (Phi) is 14.6. The lowest BCUT2D eigenvalue weighted by molar-refractivity contribution is -0.296. The van der Waals surface area contributed by atoms with E-state index < -0.39 is 83.2 Å². The van der Waals surface area contributed by atoms with Crippen molar-refractivity contribution in [2.75, 3.05) is 27.3 Å². The average molecular weight is 811 g/mol. The van der Waals surface area contributed by atoms with E-state index in [1.807, 2.05) is 58.8 Å². The fourth-order valence-electron chi connectivity index (χ4n) is 8.85. The van der Waals surface area contributed by atoms with Crippen LogP contribution in [0.4, 0.5) is 0 Å². The number of nitrogens with zero attached hydrogens (tertiary/aromatic N) is 4. The van der Waals surface area contributed by atoms with Gasteiger partial charge in [0.25, 0.3) is 0 Å². The van der Waals surface area contributed by atoms with Crippen LogP contribution in [0.1, 0.15) is 87.3 Å². The lowest BCUT2D eigenvalue weighted by Gasteiger charge is -2.47. The van der Waals surface area contributed by atoms with Crippen molar-refractivity contribution in [2.45, 2.75) is 136 Å². The summed E-state index contributed by atoms with van der Waals surface area (Å²) in [5.41, 5.74) is -1.07. The molecule has 15 nitrogen and oxygen atoms in total. The average Bonchev–Trinajstić information content (AvgIpc) is 3.64. The van der Waals surface area contributed by atoms with E-state index in [1.165, 1.54) is 20.8 Å². The third-order valence-corrected chi connectivity index (χ3v) is 12.0. The van der Waals surface area contributed by atoms with E-state index in [2.05, 4.69) is 15.1 Å². The topological polar surface area (TPSA) is 192 Å². The van der Waals surface area contributed by atoms with Crippen LogP contribution in [0, 0.1) is 23.7 Å². The highest BCUT2D eigenvalue weighted by Crippen LogP contribution is 2.40. The summed E-state index contributed by atoms with van der Waals surface area (Å²) in [6, 6.07) is 6.89. The first-order chi connectivity index (χ1) is 27.3. The van der Waals surface area contributed by atoms with Gasteiger partial charge >= 0.3 is 5.97 Å². The molecule has 5 unspecified atom stereocenters. The number of cyclic esters (lactones) is 1. The maximum Gasteiger partial charge on any atom is 0.316 e. The predicted molar refractivity (Wildman–Crippen MR) is 214 cm³/mol. The Morgan fingerprint density at radius 2 is 1.81 bits per heavy atom. The van der Waals surface area contributed by atoms with E-state index in [0.29, 0.717) is 34.9 Å². The van der Waals surface area contributed by atoms with Crippen molar-refractivity contribution >= 4 is 29.4 Å². The van der Waals surface area contributed by atoms with Gasteiger partial charge in [0.1, 0.15) is 29.4 Å². The number of likely N-dealkylation sites (N-methyl/N-ethyl adjacent to an activating group) is 1. The molecule has 3 aliphatic heterocycles. The zero-order valence-electron chi connectivity index (χ0n) is 35.7. The number of ether oxygens (including phenoxy) is 5. The minimum absolute atomic E-state index is 0.0704. The summed E-state index contributed by atoms with van der Waals surface area (Å²) in [7, 11) is 3.74. The largest absolute Gasteiger partial charge is 0.459 e. The molecule has 58 heavy (non-hydrogen) atoms. The number of aliphatic hydroxyl groups is 2. The van der Waals surface area contributed by atoms with Gasteiger partial charge in [-0.2, -0.15) is 0 Å². The first-order valence-electron chi connectivity index (χ1n) is 20.3. The predicted octanol–water partition coefficient (Wildman–Crippen LogP) is 4.68. The van der Waals surface area contributed by atoms with E-state index in [0.717, 1.165) is 0 Å². The third kappa shape index (κ3) is 10.0. The lowest BCUT2D eigenvalue weighted by atomic mass is 9.73. The van der Waals surface area contributed by atoms with Crippen LogP contribution >= 0.6 is 0 Å². The molecule has 3 saturated heterocycles. The molecule has 0 radical (unpaired) electrons. The highest BCUT2D eigenvalue weighted by molar-refractivity contribution is 6.00. The van der Waals surface area contributed by atoms with Crippen LogP contribution in [0.2, 0.25) is 0 Å². The summed E-state index contributed by atoms with van der Waals surface area (Å²) < 4.78 is 38.4. The molecule has 0 saturated carbocycles. The number of esters is 1. The van der Waals surface area contributed by atoms with Gasteiger partial charge in [0.2, 0.25) is 5.91 Å². The Bertz CT molecular complexity index is 1810. The zero-order chi connectivity index (χ0) is 42.7. The number of Topliss-reactive ketones (excluding diaryl/α,β-unsaturated/α-hetero) is 1. The number of rotatable bonds is 6. The molecule has 2 bridgehead atoms. The Morgan fingerprint density at radius 1 is 1.09 bits per heavy atom. The fraction of sp³-hybridized carbons (Fsp3) is 0.674. The highest BCUT2D eigenvalue weighted by Gasteiger charge is 2.53. The maximum absolute atomic E-state index is 14.5. The van der Waals surface area contributed by atoms with Crippen LogP contribution in [0.5, 0.6) is 0 Å². The molecule has 1 amide bonds. The molecule has 0 aliphatic carbocycles. The normalized spacial score (nSPS) is 38.6. The van der Waals surface area contributed by atoms with Gasteiger partial charge in [0.05, 0.1) is 42.8 Å². The number of hydrogen-bond donors (Lipinski definition) is 2. The fourth-order valence-corrected chi connectivity index (χ4v) is 8.85. The Balaban J connectivity index is 1.72. The second-order valence-electron chi connectivity index (χ2n) is 17.0. The van der Waals surface area contributed by atoms with Crippen LogP contribution in [0.3, 0.4) is 0 Å². The van der Waals surface area contributed by atoms with Crippen molar-refractivity contribution in [3.05, 3.63) is 41.8 Å².